The van der Waals surface area contributed by atoms with Crippen molar-refractivity contribution in [2.24, 2.45) is 33.2 Å². The number of amidine groups is 1. The average Bonchev–Trinajstić information content (AvgIpc) is 2.79. The van der Waals surface area contributed by atoms with Gasteiger partial charge in [0.15, 0.2) is 0 Å². The fourth-order valence-corrected chi connectivity index (χ4v) is 9.20. The van der Waals surface area contributed by atoms with Crippen molar-refractivity contribution < 1.29 is 13.2 Å². The molecule has 4 aliphatic carbocycles. The number of nitrogens with zero attached hydrogens (tertiary/aromatic N) is 3. The van der Waals surface area contributed by atoms with Crippen LogP contribution in [0.2, 0.25) is 10.0 Å². The van der Waals surface area contributed by atoms with Gasteiger partial charge in [0.25, 0.3) is 0 Å². The molecule has 1 aromatic carbocycles. The number of nitrogens with one attached hydrogen (secondary N) is 1. The van der Waals surface area contributed by atoms with E-state index in [-0.39, 0.29) is 34.3 Å². The zero-order valence-electron chi connectivity index (χ0n) is 18.6. The van der Waals surface area contributed by atoms with Gasteiger partial charge in [-0.15, -0.1) is 0 Å². The minimum atomic E-state index is -3.87. The number of halogens is 2. The second-order valence-electron chi connectivity index (χ2n) is 10.5. The van der Waals surface area contributed by atoms with E-state index in [1.165, 1.54) is 42.0 Å². The predicted octanol–water partition coefficient (Wildman–Crippen LogP) is 4.07. The zero-order chi connectivity index (χ0) is 23.7. The number of sulfonamides is 1. The van der Waals surface area contributed by atoms with Crippen LogP contribution in [0.5, 0.6) is 0 Å². The van der Waals surface area contributed by atoms with Gasteiger partial charge >= 0.3 is 0 Å². The largest absolute Gasteiger partial charge is 0.310 e. The summed E-state index contributed by atoms with van der Waals surface area (Å²) in [5, 5.41) is 3.54. The molecule has 0 radical (unpaired) electrons. The quantitative estimate of drug-likeness (QED) is 0.651. The minimum Gasteiger partial charge on any atom is -0.310 e. The summed E-state index contributed by atoms with van der Waals surface area (Å²) < 4.78 is 27.8. The minimum absolute atomic E-state index is 0.0256. The Morgan fingerprint density at radius 1 is 1.09 bits per heavy atom. The van der Waals surface area contributed by atoms with Gasteiger partial charge in [-0.3, -0.25) is 9.79 Å². The number of amides is 1. The molecule has 7 nitrogen and oxygen atoms in total. The van der Waals surface area contributed by atoms with Gasteiger partial charge in [0.1, 0.15) is 17.1 Å². The highest BCUT2D eigenvalue weighted by atomic mass is 35.5. The van der Waals surface area contributed by atoms with Gasteiger partial charge in [-0.1, -0.05) is 29.3 Å². The molecule has 2 heterocycles. The first kappa shape index (κ1) is 22.7. The molecule has 1 aromatic rings. The van der Waals surface area contributed by atoms with Gasteiger partial charge in [-0.05, 0) is 74.5 Å². The summed E-state index contributed by atoms with van der Waals surface area (Å²) in [4.78, 5) is 22.3. The van der Waals surface area contributed by atoms with Crippen molar-refractivity contribution in [2.45, 2.75) is 49.5 Å². The Balaban J connectivity index is 1.22. The Morgan fingerprint density at radius 2 is 1.76 bits per heavy atom. The Morgan fingerprint density at radius 3 is 2.44 bits per heavy atom. The molecule has 6 aliphatic rings. The molecule has 1 unspecified atom stereocenters. The molecule has 1 atom stereocenters. The lowest BCUT2D eigenvalue weighted by molar-refractivity contribution is -0.144. The maximum Gasteiger partial charge on any atom is 0.244 e. The van der Waals surface area contributed by atoms with Crippen LogP contribution >= 0.6 is 23.2 Å². The monoisotopic (exact) mass is 520 g/mol. The molecule has 180 valence electrons. The molecule has 1 amide bonds. The van der Waals surface area contributed by atoms with Crippen molar-refractivity contribution in [3.8, 4) is 0 Å². The number of hydrogen-bond acceptors (Lipinski definition) is 5. The van der Waals surface area contributed by atoms with Crippen molar-refractivity contribution in [3.63, 3.8) is 0 Å². The Labute approximate surface area is 209 Å². The van der Waals surface area contributed by atoms with Crippen LogP contribution in [0.3, 0.4) is 0 Å². The van der Waals surface area contributed by atoms with Gasteiger partial charge in [-0.2, -0.15) is 4.31 Å². The standard InChI is InChI=1S/C24H26Cl2N4O3S/c25-17-1-2-19(26)21(8-17)34(32,33)30-4-3-18-20(12-30)27-13-28-22(18)29-23(31)24-9-14-5-15(10-24)7-16(6-14)11-24/h1-3,8,13-16,20H,4-7,9-12H2,(H,27,28,29,31). The Hall–Kier alpha value is -1.74. The SMILES string of the molecule is O=C(NC1=NC=NC2CN(S(=O)(=O)c3cc(Cl)ccc3Cl)CC=C12)C12CC3CC(CC(C3)C1)C2. The van der Waals surface area contributed by atoms with Crippen molar-refractivity contribution in [2.75, 3.05) is 13.1 Å². The van der Waals surface area contributed by atoms with E-state index in [0.29, 0.717) is 28.6 Å². The molecule has 0 aromatic heterocycles. The normalized spacial score (nSPS) is 34.4. The summed E-state index contributed by atoms with van der Waals surface area (Å²) in [6, 6.07) is 3.95. The number of fused-ring (bicyclic) bond motifs is 1. The van der Waals surface area contributed by atoms with Crippen LogP contribution in [0.15, 0.2) is 44.7 Å². The number of hydrogen-bond donors (Lipinski definition) is 1. The lowest BCUT2D eigenvalue weighted by Crippen LogP contribution is -2.55. The second-order valence-corrected chi connectivity index (χ2v) is 13.2. The Kier molecular flexibility index (Phi) is 5.44. The summed E-state index contributed by atoms with van der Waals surface area (Å²) in [6.07, 6.45) is 9.94. The molecule has 4 fully saturated rings. The van der Waals surface area contributed by atoms with Crippen LogP contribution < -0.4 is 5.32 Å². The number of aliphatic imine (C=N–C) groups is 2. The van der Waals surface area contributed by atoms with Crippen LogP contribution in [-0.2, 0) is 14.8 Å². The van der Waals surface area contributed by atoms with Crippen LogP contribution in [0.25, 0.3) is 0 Å². The summed E-state index contributed by atoms with van der Waals surface area (Å²) in [6.45, 7) is 0.276. The highest BCUT2D eigenvalue weighted by Crippen LogP contribution is 2.60. The molecule has 0 spiro atoms. The van der Waals surface area contributed by atoms with Crippen LogP contribution in [0.1, 0.15) is 38.5 Å². The first-order valence-electron chi connectivity index (χ1n) is 11.8. The van der Waals surface area contributed by atoms with Crippen molar-refractivity contribution in [1.82, 2.24) is 9.62 Å². The molecule has 7 rings (SSSR count). The molecule has 0 saturated heterocycles. The van der Waals surface area contributed by atoms with Crippen LogP contribution in [-0.4, -0.2) is 49.9 Å². The molecule has 2 aliphatic heterocycles. The molecule has 4 bridgehead atoms. The summed E-state index contributed by atoms with van der Waals surface area (Å²) in [5.74, 6) is 2.58. The zero-order valence-corrected chi connectivity index (χ0v) is 20.9. The summed E-state index contributed by atoms with van der Waals surface area (Å²) in [5.41, 5.74) is 0.485. The molecule has 10 heteroatoms. The molecular weight excluding hydrogens is 495 g/mol. The number of benzene rings is 1. The number of carbonyl (C=O) groups excluding carboxylic acids is 1. The maximum atomic E-state index is 13.5. The van der Waals surface area contributed by atoms with E-state index in [2.05, 4.69) is 15.3 Å². The van der Waals surface area contributed by atoms with Gasteiger partial charge in [0, 0.05) is 23.7 Å². The van der Waals surface area contributed by atoms with E-state index in [1.807, 2.05) is 0 Å². The topological polar surface area (TPSA) is 91.2 Å². The first-order chi connectivity index (χ1) is 16.2. The highest BCUT2D eigenvalue weighted by molar-refractivity contribution is 7.89. The van der Waals surface area contributed by atoms with E-state index in [9.17, 15) is 13.2 Å². The highest BCUT2D eigenvalue weighted by Gasteiger charge is 2.55. The van der Waals surface area contributed by atoms with Crippen molar-refractivity contribution >= 4 is 51.3 Å². The fourth-order valence-electron chi connectivity index (χ4n) is 7.07. The maximum absolute atomic E-state index is 13.5. The molecule has 1 N–H and O–H groups in total. The third-order valence-electron chi connectivity index (χ3n) is 8.22. The third-order valence-corrected chi connectivity index (χ3v) is 10.8. The third kappa shape index (κ3) is 3.74. The van der Waals surface area contributed by atoms with Crippen molar-refractivity contribution in [3.05, 3.63) is 39.9 Å². The van der Waals surface area contributed by atoms with Crippen LogP contribution in [0, 0.1) is 23.2 Å². The lowest BCUT2D eigenvalue weighted by atomic mass is 9.49. The summed E-state index contributed by atoms with van der Waals surface area (Å²) >= 11 is 12.2. The van der Waals surface area contributed by atoms with E-state index < -0.39 is 16.1 Å². The van der Waals surface area contributed by atoms with E-state index in [1.54, 1.807) is 12.1 Å². The van der Waals surface area contributed by atoms with E-state index in [4.69, 9.17) is 23.2 Å². The van der Waals surface area contributed by atoms with Gasteiger partial charge in [0.05, 0.1) is 16.5 Å². The summed E-state index contributed by atoms with van der Waals surface area (Å²) in [7, 11) is -3.87. The lowest BCUT2D eigenvalue weighted by Gasteiger charge is -2.55. The average molecular weight is 521 g/mol. The van der Waals surface area contributed by atoms with E-state index >= 15 is 0 Å². The molecule has 4 saturated carbocycles. The fraction of sp³-hybridized carbons (Fsp3) is 0.542. The predicted molar refractivity (Wildman–Crippen MR) is 132 cm³/mol. The van der Waals surface area contributed by atoms with Crippen LogP contribution in [0.4, 0.5) is 0 Å². The first-order valence-corrected chi connectivity index (χ1v) is 14.0. The van der Waals surface area contributed by atoms with Gasteiger partial charge < -0.3 is 5.32 Å². The van der Waals surface area contributed by atoms with Gasteiger partial charge in [0.2, 0.25) is 15.9 Å². The number of carbonyl (C=O) groups is 1. The number of rotatable bonds is 3. The molecular formula is C24H26Cl2N4O3S. The molecule has 34 heavy (non-hydrogen) atoms. The van der Waals surface area contributed by atoms with Crippen molar-refractivity contribution in [1.29, 1.82) is 0 Å². The van der Waals surface area contributed by atoms with E-state index in [0.717, 1.165) is 24.8 Å². The van der Waals surface area contributed by atoms with Gasteiger partial charge in [-0.25, -0.2) is 13.4 Å². The smallest absolute Gasteiger partial charge is 0.244 e. The second kappa shape index (κ2) is 8.15. The Bertz CT molecular complexity index is 1220.